The van der Waals surface area contributed by atoms with E-state index in [-0.39, 0.29) is 11.8 Å². The molecular weight excluding hydrogens is 422 g/mol. The van der Waals surface area contributed by atoms with Gasteiger partial charge in [0, 0.05) is 47.1 Å². The molecule has 0 bridgehead atoms. The van der Waals surface area contributed by atoms with E-state index in [1.54, 1.807) is 57.7 Å². The molecule has 0 spiro atoms. The van der Waals surface area contributed by atoms with E-state index in [1.165, 1.54) is 4.90 Å². The van der Waals surface area contributed by atoms with Crippen molar-refractivity contribution in [2.75, 3.05) is 71.5 Å². The number of nitrogens with zero attached hydrogens (tertiary/aromatic N) is 3. The van der Waals surface area contributed by atoms with Gasteiger partial charge < -0.3 is 24.0 Å². The van der Waals surface area contributed by atoms with Gasteiger partial charge in [-0.25, -0.2) is 4.90 Å². The van der Waals surface area contributed by atoms with Gasteiger partial charge in [-0.15, -0.1) is 0 Å². The highest BCUT2D eigenvalue weighted by atomic mass is 16.5. The molecule has 0 saturated heterocycles. The van der Waals surface area contributed by atoms with Crippen LogP contribution in [0.25, 0.3) is 5.57 Å². The number of carbonyl (C=O) groups excluding carboxylic acids is 2. The van der Waals surface area contributed by atoms with Crippen LogP contribution < -0.4 is 14.5 Å². The van der Waals surface area contributed by atoms with E-state index in [0.29, 0.717) is 54.6 Å². The number of hydrogen-bond acceptors (Lipinski definition) is 7. The van der Waals surface area contributed by atoms with Crippen molar-refractivity contribution in [3.8, 4) is 5.75 Å². The summed E-state index contributed by atoms with van der Waals surface area (Å²) in [7, 11) is 8.67. The Morgan fingerprint density at radius 2 is 1.36 bits per heavy atom. The maximum Gasteiger partial charge on any atom is 0.282 e. The Morgan fingerprint density at radius 3 is 1.85 bits per heavy atom. The molecule has 2 aromatic carbocycles. The lowest BCUT2D eigenvalue weighted by Crippen LogP contribution is -2.37. The number of amides is 2. The van der Waals surface area contributed by atoms with E-state index in [2.05, 4.69) is 0 Å². The van der Waals surface area contributed by atoms with Crippen LogP contribution in [0.3, 0.4) is 0 Å². The molecule has 0 radical (unpaired) electrons. The van der Waals surface area contributed by atoms with Crippen LogP contribution in [-0.2, 0) is 19.1 Å². The molecule has 0 aromatic heterocycles. The first kappa shape index (κ1) is 24.3. The van der Waals surface area contributed by atoms with Crippen molar-refractivity contribution < 1.29 is 23.8 Å². The van der Waals surface area contributed by atoms with E-state index >= 15 is 0 Å². The maximum absolute atomic E-state index is 13.7. The molecule has 0 N–H and O–H groups in total. The summed E-state index contributed by atoms with van der Waals surface area (Å²) >= 11 is 0. The monoisotopic (exact) mass is 453 g/mol. The fraction of sp³-hybridized carbons (Fsp3) is 0.360. The summed E-state index contributed by atoms with van der Waals surface area (Å²) in [6, 6.07) is 14.5. The number of imide groups is 1. The molecular formula is C25H31N3O5. The molecule has 3 rings (SSSR count). The molecule has 33 heavy (non-hydrogen) atoms. The van der Waals surface area contributed by atoms with Gasteiger partial charge in [-0.05, 0) is 42.0 Å². The molecule has 8 heteroatoms. The van der Waals surface area contributed by atoms with Crippen molar-refractivity contribution in [1.82, 2.24) is 4.90 Å². The number of ether oxygens (including phenoxy) is 3. The maximum atomic E-state index is 13.7. The zero-order valence-corrected chi connectivity index (χ0v) is 19.8. The van der Waals surface area contributed by atoms with E-state index in [4.69, 9.17) is 14.2 Å². The number of benzene rings is 2. The fourth-order valence-electron chi connectivity index (χ4n) is 3.70. The summed E-state index contributed by atoms with van der Waals surface area (Å²) in [6.45, 7) is 1.70. The molecule has 0 atom stereocenters. The Morgan fingerprint density at radius 1 is 0.788 bits per heavy atom. The largest absolute Gasteiger partial charge is 0.497 e. The summed E-state index contributed by atoms with van der Waals surface area (Å²) in [6.07, 6.45) is 0. The van der Waals surface area contributed by atoms with Crippen molar-refractivity contribution in [2.24, 2.45) is 0 Å². The highest BCUT2D eigenvalue weighted by Crippen LogP contribution is 2.35. The Labute approximate surface area is 194 Å². The SMILES string of the molecule is COCCN(CCOC)C1=C(c2ccc(OC)cc2)C(=O)N(c2ccc(N(C)C)cc2)C1=O. The zero-order valence-electron chi connectivity index (χ0n) is 19.8. The predicted molar refractivity (Wildman–Crippen MR) is 129 cm³/mol. The lowest BCUT2D eigenvalue weighted by molar-refractivity contribution is -0.120. The molecule has 0 fully saturated rings. The number of methoxy groups -OCH3 is 3. The second-order valence-corrected chi connectivity index (χ2v) is 7.78. The smallest absolute Gasteiger partial charge is 0.282 e. The molecule has 1 heterocycles. The van der Waals surface area contributed by atoms with Gasteiger partial charge in [-0.1, -0.05) is 12.1 Å². The van der Waals surface area contributed by atoms with Gasteiger partial charge in [-0.2, -0.15) is 0 Å². The number of hydrogen-bond donors (Lipinski definition) is 0. The third-order valence-corrected chi connectivity index (χ3v) is 5.51. The minimum Gasteiger partial charge on any atom is -0.497 e. The number of rotatable bonds is 11. The third-order valence-electron chi connectivity index (χ3n) is 5.51. The van der Waals surface area contributed by atoms with Gasteiger partial charge in [-0.3, -0.25) is 9.59 Å². The van der Waals surface area contributed by atoms with Gasteiger partial charge >= 0.3 is 0 Å². The van der Waals surface area contributed by atoms with Gasteiger partial charge in [0.2, 0.25) is 0 Å². The molecule has 2 amide bonds. The number of anilines is 2. The minimum atomic E-state index is -0.365. The second kappa shape index (κ2) is 11.0. The van der Waals surface area contributed by atoms with Crippen molar-refractivity contribution in [3.05, 3.63) is 59.8 Å². The molecule has 0 unspecified atom stereocenters. The molecule has 2 aromatic rings. The van der Waals surface area contributed by atoms with Crippen LogP contribution in [0, 0.1) is 0 Å². The fourth-order valence-corrected chi connectivity index (χ4v) is 3.70. The quantitative estimate of drug-likeness (QED) is 0.485. The van der Waals surface area contributed by atoms with Gasteiger partial charge in [0.05, 0.1) is 31.6 Å². The van der Waals surface area contributed by atoms with Crippen LogP contribution in [0.5, 0.6) is 5.75 Å². The molecule has 0 saturated carbocycles. The van der Waals surface area contributed by atoms with Crippen molar-refractivity contribution in [3.63, 3.8) is 0 Å². The Kier molecular flexibility index (Phi) is 8.08. The first-order valence-electron chi connectivity index (χ1n) is 10.7. The van der Waals surface area contributed by atoms with Gasteiger partial charge in [0.25, 0.3) is 11.8 Å². The Hall–Kier alpha value is -3.36. The molecule has 1 aliphatic heterocycles. The second-order valence-electron chi connectivity index (χ2n) is 7.78. The van der Waals surface area contributed by atoms with Crippen LogP contribution >= 0.6 is 0 Å². The summed E-state index contributed by atoms with van der Waals surface area (Å²) in [5.41, 5.74) is 2.84. The minimum absolute atomic E-state index is 0.343. The van der Waals surface area contributed by atoms with Crippen LogP contribution in [0.15, 0.2) is 54.2 Å². The van der Waals surface area contributed by atoms with E-state index in [9.17, 15) is 9.59 Å². The van der Waals surface area contributed by atoms with Gasteiger partial charge in [0.1, 0.15) is 11.4 Å². The Balaban J connectivity index is 2.09. The lowest BCUT2D eigenvalue weighted by Gasteiger charge is -2.25. The standard InChI is InChI=1S/C25H31N3O5/c1-26(2)19-8-10-20(11-9-19)28-24(29)22(18-6-12-21(33-5)13-7-18)23(25(28)30)27(14-16-31-3)15-17-32-4/h6-13H,14-17H2,1-5H3. The predicted octanol–water partition coefficient (Wildman–Crippen LogP) is 2.64. The van der Waals surface area contributed by atoms with Gasteiger partial charge in [0.15, 0.2) is 0 Å². The summed E-state index contributed by atoms with van der Waals surface area (Å²) in [5, 5.41) is 0. The van der Waals surface area contributed by atoms with E-state index in [1.807, 2.05) is 36.0 Å². The lowest BCUT2D eigenvalue weighted by atomic mass is 10.0. The zero-order chi connectivity index (χ0) is 24.0. The highest BCUT2D eigenvalue weighted by Gasteiger charge is 2.42. The first-order chi connectivity index (χ1) is 15.9. The van der Waals surface area contributed by atoms with Crippen LogP contribution in [0.1, 0.15) is 5.56 Å². The van der Waals surface area contributed by atoms with Crippen molar-refractivity contribution in [2.45, 2.75) is 0 Å². The topological polar surface area (TPSA) is 71.6 Å². The molecule has 176 valence electrons. The van der Waals surface area contributed by atoms with Crippen LogP contribution in [-0.4, -0.2) is 78.4 Å². The average Bonchev–Trinajstić information content (AvgIpc) is 3.09. The third kappa shape index (κ3) is 5.18. The molecule has 1 aliphatic rings. The van der Waals surface area contributed by atoms with Crippen molar-refractivity contribution >= 4 is 28.8 Å². The normalized spacial score (nSPS) is 13.7. The summed E-state index contributed by atoms with van der Waals surface area (Å²) < 4.78 is 15.8. The Bertz CT molecular complexity index is 992. The summed E-state index contributed by atoms with van der Waals surface area (Å²) in [4.78, 5) is 32.4. The van der Waals surface area contributed by atoms with Crippen LogP contribution in [0.4, 0.5) is 11.4 Å². The molecule has 0 aliphatic carbocycles. The summed E-state index contributed by atoms with van der Waals surface area (Å²) in [5.74, 6) is -0.0577. The van der Waals surface area contributed by atoms with Crippen LogP contribution in [0.2, 0.25) is 0 Å². The van der Waals surface area contributed by atoms with Crippen molar-refractivity contribution in [1.29, 1.82) is 0 Å². The average molecular weight is 454 g/mol. The van der Waals surface area contributed by atoms with E-state index < -0.39 is 0 Å². The first-order valence-corrected chi connectivity index (χ1v) is 10.7. The van der Waals surface area contributed by atoms with E-state index in [0.717, 1.165) is 5.69 Å². The highest BCUT2D eigenvalue weighted by molar-refractivity contribution is 6.45. The number of carbonyl (C=O) groups is 2. The molecule has 8 nitrogen and oxygen atoms in total.